The zero-order valence-electron chi connectivity index (χ0n) is 9.84. The van der Waals surface area contributed by atoms with E-state index in [4.69, 9.17) is 5.73 Å². The lowest BCUT2D eigenvalue weighted by Gasteiger charge is -2.08. The Hall–Kier alpha value is -2.56. The lowest BCUT2D eigenvalue weighted by Crippen LogP contribution is -2.13. The fourth-order valence-corrected chi connectivity index (χ4v) is 1.54. The summed E-state index contributed by atoms with van der Waals surface area (Å²) in [4.78, 5) is 15.8. The van der Waals surface area contributed by atoms with Crippen molar-refractivity contribution >= 4 is 17.3 Å². The van der Waals surface area contributed by atoms with Crippen molar-refractivity contribution in [3.63, 3.8) is 0 Å². The third-order valence-electron chi connectivity index (χ3n) is 2.50. The van der Waals surface area contributed by atoms with Crippen LogP contribution in [0, 0.1) is 6.92 Å². The van der Waals surface area contributed by atoms with Crippen LogP contribution in [0.2, 0.25) is 0 Å². The molecule has 1 amide bonds. The molecule has 0 saturated heterocycles. The summed E-state index contributed by atoms with van der Waals surface area (Å²) in [6, 6.07) is 6.45. The summed E-state index contributed by atoms with van der Waals surface area (Å²) in [7, 11) is 0. The van der Waals surface area contributed by atoms with E-state index in [0.29, 0.717) is 11.4 Å². The fourth-order valence-electron chi connectivity index (χ4n) is 1.54. The van der Waals surface area contributed by atoms with Gasteiger partial charge in [-0.25, -0.2) is 0 Å². The maximum atomic E-state index is 12.0. The lowest BCUT2D eigenvalue weighted by molar-refractivity contribution is 0.102. The number of rotatable bonds is 2. The number of aromatic nitrogens is 1. The Morgan fingerprint density at radius 3 is 2.83 bits per heavy atom. The Kier molecular flexibility index (Phi) is 3.14. The smallest absolute Gasteiger partial charge is 0.259 e. The summed E-state index contributed by atoms with van der Waals surface area (Å²) in [6.07, 6.45) is 2.98. The Labute approximate surface area is 104 Å². The molecule has 4 N–H and O–H groups in total. The van der Waals surface area contributed by atoms with Gasteiger partial charge in [0, 0.05) is 6.20 Å². The number of aryl methyl sites for hydroxylation is 1. The van der Waals surface area contributed by atoms with E-state index >= 15 is 0 Å². The van der Waals surface area contributed by atoms with Crippen molar-refractivity contribution in [1.82, 2.24) is 4.98 Å². The van der Waals surface area contributed by atoms with Crippen molar-refractivity contribution in [1.29, 1.82) is 0 Å². The molecule has 0 aliphatic rings. The van der Waals surface area contributed by atoms with Crippen molar-refractivity contribution in [2.24, 2.45) is 0 Å². The van der Waals surface area contributed by atoms with Crippen molar-refractivity contribution in [2.45, 2.75) is 6.92 Å². The van der Waals surface area contributed by atoms with Gasteiger partial charge in [-0.2, -0.15) is 0 Å². The highest BCUT2D eigenvalue weighted by molar-refractivity contribution is 6.07. The van der Waals surface area contributed by atoms with Crippen molar-refractivity contribution in [3.05, 3.63) is 47.8 Å². The van der Waals surface area contributed by atoms with Gasteiger partial charge in [-0.05, 0) is 30.7 Å². The molecule has 2 rings (SSSR count). The first-order valence-corrected chi connectivity index (χ1v) is 5.38. The number of anilines is 2. The summed E-state index contributed by atoms with van der Waals surface area (Å²) in [5.74, 6) is -0.467. The number of nitrogen functional groups attached to an aromatic ring is 1. The van der Waals surface area contributed by atoms with E-state index in [1.165, 1.54) is 18.5 Å². The Bertz CT molecular complexity index is 597. The molecule has 5 heteroatoms. The molecule has 5 nitrogen and oxygen atoms in total. The normalized spacial score (nSPS) is 10.1. The molecule has 0 bridgehead atoms. The van der Waals surface area contributed by atoms with Crippen LogP contribution in [0.5, 0.6) is 5.75 Å². The number of benzene rings is 1. The number of pyridine rings is 1. The summed E-state index contributed by atoms with van der Waals surface area (Å²) < 4.78 is 0. The van der Waals surface area contributed by atoms with Gasteiger partial charge in [-0.15, -0.1) is 0 Å². The van der Waals surface area contributed by atoms with E-state index in [1.54, 1.807) is 18.2 Å². The molecule has 1 aromatic heterocycles. The summed E-state index contributed by atoms with van der Waals surface area (Å²) in [5.41, 5.74) is 7.60. The molecular weight excluding hydrogens is 230 g/mol. The van der Waals surface area contributed by atoms with Crippen LogP contribution in [0.15, 0.2) is 36.7 Å². The molecule has 2 aromatic rings. The summed E-state index contributed by atoms with van der Waals surface area (Å²) in [6.45, 7) is 1.84. The number of aromatic hydroxyl groups is 1. The topological polar surface area (TPSA) is 88.2 Å². The monoisotopic (exact) mass is 243 g/mol. The minimum atomic E-state index is -0.412. The number of hydrogen-bond acceptors (Lipinski definition) is 4. The number of nitrogens with two attached hydrogens (primary N) is 1. The largest absolute Gasteiger partial charge is 0.507 e. The third-order valence-corrected chi connectivity index (χ3v) is 2.50. The molecule has 0 atom stereocenters. The van der Waals surface area contributed by atoms with Crippen LogP contribution in [-0.2, 0) is 0 Å². The SMILES string of the molecule is Cc1ccc(C(=O)Nc2ccncc2N)c(O)c1. The molecule has 0 unspecified atom stereocenters. The first-order valence-electron chi connectivity index (χ1n) is 5.38. The second-order valence-electron chi connectivity index (χ2n) is 3.94. The highest BCUT2D eigenvalue weighted by atomic mass is 16.3. The number of phenolic OH excluding ortho intramolecular Hbond substituents is 1. The zero-order chi connectivity index (χ0) is 13.1. The second kappa shape index (κ2) is 4.75. The minimum Gasteiger partial charge on any atom is -0.507 e. The van der Waals surface area contributed by atoms with Gasteiger partial charge in [-0.1, -0.05) is 6.07 Å². The number of nitrogens with one attached hydrogen (secondary N) is 1. The van der Waals surface area contributed by atoms with Gasteiger partial charge in [0.05, 0.1) is 23.1 Å². The van der Waals surface area contributed by atoms with Crippen LogP contribution in [-0.4, -0.2) is 16.0 Å². The summed E-state index contributed by atoms with van der Waals surface area (Å²) in [5, 5.41) is 12.3. The molecule has 0 saturated carbocycles. The van der Waals surface area contributed by atoms with Crippen LogP contribution < -0.4 is 11.1 Å². The van der Waals surface area contributed by atoms with Gasteiger partial charge in [0.2, 0.25) is 0 Å². The first kappa shape index (κ1) is 11.9. The standard InChI is InChI=1S/C13H13N3O2/c1-8-2-3-9(12(17)6-8)13(18)16-11-4-5-15-7-10(11)14/h2-7,17H,14H2,1H3,(H,15,16,18). The molecule has 18 heavy (non-hydrogen) atoms. The molecule has 0 radical (unpaired) electrons. The molecule has 0 spiro atoms. The fraction of sp³-hybridized carbons (Fsp3) is 0.0769. The maximum Gasteiger partial charge on any atom is 0.259 e. The Balaban J connectivity index is 2.25. The van der Waals surface area contributed by atoms with E-state index < -0.39 is 5.91 Å². The number of nitrogens with zero attached hydrogens (tertiary/aromatic N) is 1. The van der Waals surface area contributed by atoms with E-state index in [9.17, 15) is 9.90 Å². The van der Waals surface area contributed by atoms with Crippen LogP contribution in [0.3, 0.4) is 0 Å². The maximum absolute atomic E-state index is 12.0. The quantitative estimate of drug-likeness (QED) is 0.752. The van der Waals surface area contributed by atoms with Crippen LogP contribution in [0.4, 0.5) is 11.4 Å². The number of phenols is 1. The number of hydrogen-bond donors (Lipinski definition) is 3. The van der Waals surface area contributed by atoms with E-state index in [2.05, 4.69) is 10.3 Å². The van der Waals surface area contributed by atoms with Crippen LogP contribution in [0.1, 0.15) is 15.9 Å². The number of carbonyl (C=O) groups is 1. The highest BCUT2D eigenvalue weighted by Crippen LogP contribution is 2.21. The zero-order valence-corrected chi connectivity index (χ0v) is 9.84. The molecule has 0 aliphatic carbocycles. The van der Waals surface area contributed by atoms with E-state index in [0.717, 1.165) is 5.56 Å². The number of amides is 1. The van der Waals surface area contributed by atoms with Gasteiger partial charge in [0.25, 0.3) is 5.91 Å². The van der Waals surface area contributed by atoms with Gasteiger partial charge < -0.3 is 16.2 Å². The third kappa shape index (κ3) is 2.40. The molecular formula is C13H13N3O2. The van der Waals surface area contributed by atoms with Gasteiger partial charge >= 0.3 is 0 Å². The Morgan fingerprint density at radius 2 is 2.17 bits per heavy atom. The predicted molar refractivity (Wildman–Crippen MR) is 69.4 cm³/mol. The van der Waals surface area contributed by atoms with Crippen molar-refractivity contribution < 1.29 is 9.90 Å². The molecule has 0 aliphatic heterocycles. The van der Waals surface area contributed by atoms with Crippen LogP contribution >= 0.6 is 0 Å². The van der Waals surface area contributed by atoms with Crippen LogP contribution in [0.25, 0.3) is 0 Å². The summed E-state index contributed by atoms with van der Waals surface area (Å²) >= 11 is 0. The van der Waals surface area contributed by atoms with Crippen molar-refractivity contribution in [2.75, 3.05) is 11.1 Å². The Morgan fingerprint density at radius 1 is 1.39 bits per heavy atom. The van der Waals surface area contributed by atoms with Crippen molar-refractivity contribution in [3.8, 4) is 5.75 Å². The molecule has 1 heterocycles. The average molecular weight is 243 g/mol. The highest BCUT2D eigenvalue weighted by Gasteiger charge is 2.12. The van der Waals surface area contributed by atoms with Gasteiger partial charge in [0.15, 0.2) is 0 Å². The molecule has 0 fully saturated rings. The predicted octanol–water partition coefficient (Wildman–Crippen LogP) is 1.93. The second-order valence-corrected chi connectivity index (χ2v) is 3.94. The first-order chi connectivity index (χ1) is 8.58. The van der Waals surface area contributed by atoms with E-state index in [-0.39, 0.29) is 11.3 Å². The van der Waals surface area contributed by atoms with Gasteiger partial charge in [-0.3, -0.25) is 9.78 Å². The minimum absolute atomic E-state index is 0.0554. The average Bonchev–Trinajstić information content (AvgIpc) is 2.32. The molecule has 1 aromatic carbocycles. The lowest BCUT2D eigenvalue weighted by atomic mass is 10.1. The molecule has 92 valence electrons. The van der Waals surface area contributed by atoms with E-state index in [1.807, 2.05) is 6.92 Å². The number of carbonyl (C=O) groups excluding carboxylic acids is 1. The van der Waals surface area contributed by atoms with Gasteiger partial charge in [0.1, 0.15) is 5.75 Å².